The van der Waals surface area contributed by atoms with Crippen LogP contribution < -0.4 is 5.32 Å². The molecule has 118 valence electrons. The topological polar surface area (TPSA) is 59.8 Å². The molecule has 0 aliphatic rings. The predicted octanol–water partition coefficient (Wildman–Crippen LogP) is 3.95. The van der Waals surface area contributed by atoms with Crippen molar-refractivity contribution in [3.05, 3.63) is 65.9 Å². The first-order valence-electron chi connectivity index (χ1n) is 7.44. The van der Waals surface area contributed by atoms with Crippen LogP contribution in [0.1, 0.15) is 10.5 Å². The maximum absolute atomic E-state index is 12.3. The number of thiazole rings is 1. The maximum Gasteiger partial charge on any atom is 0.275 e. The molecule has 5 nitrogen and oxygen atoms in total. The molecule has 3 heterocycles. The van der Waals surface area contributed by atoms with Crippen LogP contribution in [0.3, 0.4) is 0 Å². The van der Waals surface area contributed by atoms with Crippen molar-refractivity contribution in [2.45, 2.75) is 0 Å². The predicted molar refractivity (Wildman–Crippen MR) is 96.2 cm³/mol. The molecule has 0 saturated carbocycles. The van der Waals surface area contributed by atoms with Gasteiger partial charge in [-0.1, -0.05) is 18.2 Å². The van der Waals surface area contributed by atoms with Gasteiger partial charge < -0.3 is 9.88 Å². The third-order valence-electron chi connectivity index (χ3n) is 3.83. The second kappa shape index (κ2) is 5.90. The van der Waals surface area contributed by atoms with Gasteiger partial charge in [0.05, 0.1) is 17.6 Å². The van der Waals surface area contributed by atoms with Gasteiger partial charge in [-0.2, -0.15) is 0 Å². The molecule has 0 radical (unpaired) electrons. The standard InChI is InChI=1S/C18H14N4OS/c1-22-15-7-3-2-5-12(15)9-16(22)18-21-14(11-24-18)17(23)20-13-6-4-8-19-10-13/h2-11H,1H3,(H,20,23). The minimum absolute atomic E-state index is 0.232. The fraction of sp³-hybridized carbons (Fsp3) is 0.0556. The van der Waals surface area contributed by atoms with Crippen molar-refractivity contribution in [3.63, 3.8) is 0 Å². The summed E-state index contributed by atoms with van der Waals surface area (Å²) in [5.41, 5.74) is 3.21. The Morgan fingerprint density at radius 3 is 2.88 bits per heavy atom. The zero-order valence-corrected chi connectivity index (χ0v) is 13.7. The van der Waals surface area contributed by atoms with E-state index < -0.39 is 0 Å². The third kappa shape index (κ3) is 2.57. The van der Waals surface area contributed by atoms with Crippen LogP contribution in [0.4, 0.5) is 5.69 Å². The van der Waals surface area contributed by atoms with Crippen molar-refractivity contribution >= 4 is 33.8 Å². The molecule has 0 aliphatic heterocycles. The van der Waals surface area contributed by atoms with Gasteiger partial charge in [0.25, 0.3) is 5.91 Å². The summed E-state index contributed by atoms with van der Waals surface area (Å²) in [7, 11) is 2.01. The molecular formula is C18H14N4OS. The van der Waals surface area contributed by atoms with Crippen LogP contribution in [0.2, 0.25) is 0 Å². The Bertz CT molecular complexity index is 1020. The van der Waals surface area contributed by atoms with E-state index in [1.54, 1.807) is 29.9 Å². The molecule has 1 amide bonds. The van der Waals surface area contributed by atoms with E-state index in [2.05, 4.69) is 38.1 Å². The zero-order chi connectivity index (χ0) is 16.5. The first-order chi connectivity index (χ1) is 11.7. The highest BCUT2D eigenvalue weighted by atomic mass is 32.1. The lowest BCUT2D eigenvalue weighted by Crippen LogP contribution is -2.12. The highest BCUT2D eigenvalue weighted by Gasteiger charge is 2.15. The van der Waals surface area contributed by atoms with E-state index in [1.165, 1.54) is 11.3 Å². The molecule has 4 aromatic rings. The van der Waals surface area contributed by atoms with Gasteiger partial charge in [0.2, 0.25) is 0 Å². The number of nitrogens with one attached hydrogen (secondary N) is 1. The van der Waals surface area contributed by atoms with Crippen LogP contribution in [0.25, 0.3) is 21.6 Å². The van der Waals surface area contributed by atoms with E-state index in [-0.39, 0.29) is 5.91 Å². The number of benzene rings is 1. The third-order valence-corrected chi connectivity index (χ3v) is 4.69. The zero-order valence-electron chi connectivity index (χ0n) is 12.9. The number of para-hydroxylation sites is 1. The molecular weight excluding hydrogens is 320 g/mol. The normalized spacial score (nSPS) is 10.9. The minimum atomic E-state index is -0.232. The maximum atomic E-state index is 12.3. The number of aryl methyl sites for hydroxylation is 1. The molecule has 0 atom stereocenters. The molecule has 4 rings (SSSR count). The van der Waals surface area contributed by atoms with Crippen LogP contribution >= 0.6 is 11.3 Å². The Balaban J connectivity index is 1.64. The number of aromatic nitrogens is 3. The lowest BCUT2D eigenvalue weighted by atomic mass is 10.2. The lowest BCUT2D eigenvalue weighted by Gasteiger charge is -2.02. The van der Waals surface area contributed by atoms with Crippen LogP contribution in [-0.2, 0) is 7.05 Å². The SMILES string of the molecule is Cn1c(-c2nc(C(=O)Nc3cccnc3)cs2)cc2ccccc21. The first kappa shape index (κ1) is 14.6. The van der Waals surface area contributed by atoms with Gasteiger partial charge in [-0.15, -0.1) is 11.3 Å². The van der Waals surface area contributed by atoms with Crippen LogP contribution in [0, 0.1) is 0 Å². The highest BCUT2D eigenvalue weighted by Crippen LogP contribution is 2.29. The number of carbonyl (C=O) groups excluding carboxylic acids is 1. The minimum Gasteiger partial charge on any atom is -0.342 e. The number of pyridine rings is 1. The number of anilines is 1. The Hall–Kier alpha value is -2.99. The summed E-state index contributed by atoms with van der Waals surface area (Å²) in [4.78, 5) is 20.8. The van der Waals surface area contributed by atoms with Gasteiger partial charge >= 0.3 is 0 Å². The van der Waals surface area contributed by atoms with Crippen molar-refractivity contribution in [1.82, 2.24) is 14.5 Å². The van der Waals surface area contributed by atoms with Crippen LogP contribution in [-0.4, -0.2) is 20.4 Å². The number of hydrogen-bond acceptors (Lipinski definition) is 4. The fourth-order valence-corrected chi connectivity index (χ4v) is 3.47. The largest absolute Gasteiger partial charge is 0.342 e. The molecule has 0 aliphatic carbocycles. The van der Waals surface area contributed by atoms with Crippen LogP contribution in [0.5, 0.6) is 0 Å². The molecule has 0 bridgehead atoms. The van der Waals surface area contributed by atoms with Crippen molar-refractivity contribution in [3.8, 4) is 10.7 Å². The number of fused-ring (bicyclic) bond motifs is 1. The van der Waals surface area contributed by atoms with Crippen molar-refractivity contribution in [2.75, 3.05) is 5.32 Å². The Labute approximate surface area is 142 Å². The summed E-state index contributed by atoms with van der Waals surface area (Å²) in [5.74, 6) is -0.232. The number of hydrogen-bond donors (Lipinski definition) is 1. The molecule has 1 aromatic carbocycles. The summed E-state index contributed by atoms with van der Waals surface area (Å²) in [6.07, 6.45) is 3.27. The summed E-state index contributed by atoms with van der Waals surface area (Å²) in [6, 6.07) is 13.8. The number of nitrogens with zero attached hydrogens (tertiary/aromatic N) is 3. The van der Waals surface area contributed by atoms with Crippen molar-refractivity contribution in [1.29, 1.82) is 0 Å². The number of rotatable bonds is 3. The smallest absolute Gasteiger partial charge is 0.275 e. The molecule has 24 heavy (non-hydrogen) atoms. The summed E-state index contributed by atoms with van der Waals surface area (Å²) < 4.78 is 2.09. The number of carbonyl (C=O) groups is 1. The Morgan fingerprint density at radius 1 is 1.21 bits per heavy atom. The molecule has 0 unspecified atom stereocenters. The molecule has 0 fully saturated rings. The second-order valence-electron chi connectivity index (χ2n) is 5.38. The monoisotopic (exact) mass is 334 g/mol. The highest BCUT2D eigenvalue weighted by molar-refractivity contribution is 7.13. The molecule has 3 aromatic heterocycles. The van der Waals surface area contributed by atoms with E-state index in [9.17, 15) is 4.79 Å². The first-order valence-corrected chi connectivity index (χ1v) is 8.32. The van der Waals surface area contributed by atoms with Crippen LogP contribution in [0.15, 0.2) is 60.2 Å². The van der Waals surface area contributed by atoms with Crippen molar-refractivity contribution in [2.24, 2.45) is 7.05 Å². The van der Waals surface area contributed by atoms with E-state index in [0.29, 0.717) is 11.4 Å². The summed E-state index contributed by atoms with van der Waals surface area (Å²) in [6.45, 7) is 0. The quantitative estimate of drug-likeness (QED) is 0.617. The van der Waals surface area contributed by atoms with Gasteiger partial charge in [-0.3, -0.25) is 9.78 Å². The Kier molecular flexibility index (Phi) is 3.59. The van der Waals surface area contributed by atoms with Gasteiger partial charge in [-0.05, 0) is 24.3 Å². The summed E-state index contributed by atoms with van der Waals surface area (Å²) in [5, 5.41) is 6.56. The van der Waals surface area contributed by atoms with E-state index in [4.69, 9.17) is 0 Å². The molecule has 0 spiro atoms. The average molecular weight is 334 g/mol. The second-order valence-corrected chi connectivity index (χ2v) is 6.24. The van der Waals surface area contributed by atoms with Crippen molar-refractivity contribution < 1.29 is 4.79 Å². The Morgan fingerprint density at radius 2 is 2.08 bits per heavy atom. The fourth-order valence-electron chi connectivity index (χ4n) is 2.62. The lowest BCUT2D eigenvalue weighted by molar-refractivity contribution is 0.102. The van der Waals surface area contributed by atoms with E-state index >= 15 is 0 Å². The molecule has 1 N–H and O–H groups in total. The van der Waals surface area contributed by atoms with Gasteiger partial charge in [0, 0.05) is 29.5 Å². The van der Waals surface area contributed by atoms with E-state index in [0.717, 1.165) is 21.6 Å². The van der Waals surface area contributed by atoms with E-state index in [1.807, 2.05) is 19.2 Å². The molecule has 0 saturated heterocycles. The average Bonchev–Trinajstić information content (AvgIpc) is 3.21. The number of amides is 1. The van der Waals surface area contributed by atoms with Gasteiger partial charge in [0.15, 0.2) is 0 Å². The van der Waals surface area contributed by atoms with Gasteiger partial charge in [0.1, 0.15) is 10.7 Å². The summed E-state index contributed by atoms with van der Waals surface area (Å²) >= 11 is 1.46. The molecule has 6 heteroatoms. The van der Waals surface area contributed by atoms with Gasteiger partial charge in [-0.25, -0.2) is 4.98 Å².